The molecule has 1 aliphatic carbocycles. The third-order valence-electron chi connectivity index (χ3n) is 4.95. The maximum absolute atomic E-state index is 13.4. The second-order valence-electron chi connectivity index (χ2n) is 6.39. The minimum atomic E-state index is -0.543. The van der Waals surface area contributed by atoms with Gasteiger partial charge in [-0.15, -0.1) is 0 Å². The van der Waals surface area contributed by atoms with E-state index in [9.17, 15) is 4.39 Å². The number of rotatable bonds is 5. The predicted octanol–water partition coefficient (Wildman–Crippen LogP) is 1.77. The quantitative estimate of drug-likeness (QED) is 0.757. The maximum Gasteiger partial charge on any atom is 0.290 e. The van der Waals surface area contributed by atoms with Crippen molar-refractivity contribution < 1.29 is 23.8 Å². The lowest BCUT2D eigenvalue weighted by Gasteiger charge is -2.48. The van der Waals surface area contributed by atoms with E-state index >= 15 is 0 Å². The van der Waals surface area contributed by atoms with Gasteiger partial charge in [-0.05, 0) is 12.8 Å². The molecule has 8 nitrogen and oxygen atoms in total. The van der Waals surface area contributed by atoms with Crippen molar-refractivity contribution in [1.82, 2.24) is 14.9 Å². The highest BCUT2D eigenvalue weighted by molar-refractivity contribution is 5.32. The molecule has 1 saturated carbocycles. The molecular formula is C17H27FN4O4. The van der Waals surface area contributed by atoms with Crippen LogP contribution in [0.4, 0.5) is 10.3 Å². The van der Waals surface area contributed by atoms with E-state index in [4.69, 9.17) is 19.4 Å². The van der Waals surface area contributed by atoms with Gasteiger partial charge in [0.1, 0.15) is 0 Å². The topological polar surface area (TPSA) is 96.8 Å². The van der Waals surface area contributed by atoms with Gasteiger partial charge in [0.2, 0.25) is 11.8 Å². The number of nitrogens with zero attached hydrogens (tertiary/aromatic N) is 3. The Kier molecular flexibility index (Phi) is 7.99. The number of hydrogen-bond acceptors (Lipinski definition) is 7. The van der Waals surface area contributed by atoms with E-state index < -0.39 is 5.82 Å². The van der Waals surface area contributed by atoms with E-state index in [0.717, 1.165) is 39.0 Å². The van der Waals surface area contributed by atoms with E-state index in [1.165, 1.54) is 39.2 Å². The van der Waals surface area contributed by atoms with E-state index in [1.54, 1.807) is 0 Å². The first-order chi connectivity index (χ1) is 12.6. The van der Waals surface area contributed by atoms with E-state index in [-0.39, 0.29) is 17.9 Å². The number of halogens is 1. The monoisotopic (exact) mass is 370 g/mol. The molecule has 0 amide bonds. The molecule has 1 aromatic heterocycles. The molecule has 0 atom stereocenters. The summed E-state index contributed by atoms with van der Waals surface area (Å²) >= 11 is 0. The van der Waals surface area contributed by atoms with E-state index in [0.29, 0.717) is 5.95 Å². The first kappa shape index (κ1) is 20.3. The summed E-state index contributed by atoms with van der Waals surface area (Å²) in [5.74, 6) is -0.147. The summed E-state index contributed by atoms with van der Waals surface area (Å²) in [4.78, 5) is 19.0. The highest BCUT2D eigenvalue weighted by Gasteiger charge is 2.38. The number of anilines is 1. The summed E-state index contributed by atoms with van der Waals surface area (Å²) in [6.07, 6.45) is 7.26. The lowest BCUT2D eigenvalue weighted by molar-refractivity contribution is -0.122. The molecule has 0 spiro atoms. The standard InChI is InChI=1S/C16H25FN4O2.CH2O2/c1-22-14-13(17)11-18-15(20-14)19-12-16(5-3-2-4-6-16)21-7-9-23-10-8-21;2-1-3/h11H,2-10,12H2,1H3,(H,18,19,20);1H,(H,2,3). The molecular weight excluding hydrogens is 343 g/mol. The number of nitrogens with one attached hydrogen (secondary N) is 1. The van der Waals surface area contributed by atoms with Crippen LogP contribution >= 0.6 is 0 Å². The van der Waals surface area contributed by atoms with Gasteiger partial charge in [-0.3, -0.25) is 9.69 Å². The van der Waals surface area contributed by atoms with Gasteiger partial charge < -0.3 is 19.9 Å². The molecule has 2 fully saturated rings. The Hall–Kier alpha value is -2.00. The SMILES string of the molecule is COc1nc(NCC2(N3CCOCC3)CCCCC2)ncc1F.O=CO. The highest BCUT2D eigenvalue weighted by Crippen LogP contribution is 2.34. The van der Waals surface area contributed by atoms with Crippen LogP contribution in [0.5, 0.6) is 5.88 Å². The average molecular weight is 370 g/mol. The second-order valence-corrected chi connectivity index (χ2v) is 6.39. The van der Waals surface area contributed by atoms with Gasteiger partial charge in [-0.2, -0.15) is 9.37 Å². The lowest BCUT2D eigenvalue weighted by Crippen LogP contribution is -2.58. The van der Waals surface area contributed by atoms with Crippen LogP contribution in [0.3, 0.4) is 0 Å². The number of hydrogen-bond donors (Lipinski definition) is 2. The van der Waals surface area contributed by atoms with Gasteiger partial charge in [0, 0.05) is 25.2 Å². The van der Waals surface area contributed by atoms with E-state index in [2.05, 4.69) is 20.2 Å². The summed E-state index contributed by atoms with van der Waals surface area (Å²) in [7, 11) is 1.41. The zero-order valence-electron chi connectivity index (χ0n) is 15.1. The summed E-state index contributed by atoms with van der Waals surface area (Å²) in [6, 6.07) is 0. The number of carbonyl (C=O) groups is 1. The third kappa shape index (κ3) is 5.25. The Labute approximate surface area is 152 Å². The molecule has 1 aromatic rings. The van der Waals surface area contributed by atoms with Crippen molar-refractivity contribution in [3.8, 4) is 5.88 Å². The molecule has 2 heterocycles. The molecule has 2 N–H and O–H groups in total. The summed E-state index contributed by atoms with van der Waals surface area (Å²) in [5, 5.41) is 10.2. The average Bonchev–Trinajstić information content (AvgIpc) is 2.69. The zero-order chi connectivity index (χ0) is 18.8. The van der Waals surface area contributed by atoms with Crippen LogP contribution in [0.2, 0.25) is 0 Å². The van der Waals surface area contributed by atoms with Crippen LogP contribution < -0.4 is 10.1 Å². The van der Waals surface area contributed by atoms with Crippen molar-refractivity contribution in [1.29, 1.82) is 0 Å². The van der Waals surface area contributed by atoms with Crippen LogP contribution in [0, 0.1) is 5.82 Å². The minimum absolute atomic E-state index is 0.0217. The molecule has 1 aliphatic heterocycles. The van der Waals surface area contributed by atoms with Gasteiger partial charge in [-0.25, -0.2) is 4.98 Å². The first-order valence-electron chi connectivity index (χ1n) is 8.86. The fraction of sp³-hybridized carbons (Fsp3) is 0.706. The predicted molar refractivity (Wildman–Crippen MR) is 93.9 cm³/mol. The van der Waals surface area contributed by atoms with Crippen LogP contribution in [0.25, 0.3) is 0 Å². The van der Waals surface area contributed by atoms with Crippen LogP contribution in [-0.2, 0) is 9.53 Å². The van der Waals surface area contributed by atoms with Crippen LogP contribution in [0.1, 0.15) is 32.1 Å². The van der Waals surface area contributed by atoms with Crippen molar-refractivity contribution in [3.63, 3.8) is 0 Å². The lowest BCUT2D eigenvalue weighted by atomic mass is 9.80. The Morgan fingerprint density at radius 3 is 2.65 bits per heavy atom. The van der Waals surface area contributed by atoms with Crippen molar-refractivity contribution in [2.24, 2.45) is 0 Å². The smallest absolute Gasteiger partial charge is 0.290 e. The fourth-order valence-electron chi connectivity index (χ4n) is 3.68. The van der Waals surface area contributed by atoms with E-state index in [1.807, 2.05) is 0 Å². The molecule has 0 bridgehead atoms. The fourth-order valence-corrected chi connectivity index (χ4v) is 3.68. The molecule has 3 rings (SSSR count). The Bertz CT molecular complexity index is 564. The summed E-state index contributed by atoms with van der Waals surface area (Å²) in [6.45, 7) is 4.04. The third-order valence-corrected chi connectivity index (χ3v) is 4.95. The Balaban J connectivity index is 0.000000758. The molecule has 146 valence electrons. The molecule has 9 heteroatoms. The summed E-state index contributed by atoms with van der Waals surface area (Å²) < 4.78 is 23.9. The van der Waals surface area contributed by atoms with Gasteiger partial charge in [-0.1, -0.05) is 19.3 Å². The molecule has 26 heavy (non-hydrogen) atoms. The van der Waals surface area contributed by atoms with Crippen molar-refractivity contribution >= 4 is 12.4 Å². The molecule has 2 aliphatic rings. The van der Waals surface area contributed by atoms with Crippen molar-refractivity contribution in [2.75, 3.05) is 45.3 Å². The van der Waals surface area contributed by atoms with Crippen molar-refractivity contribution in [2.45, 2.75) is 37.6 Å². The molecule has 1 saturated heterocycles. The first-order valence-corrected chi connectivity index (χ1v) is 8.86. The van der Waals surface area contributed by atoms with Gasteiger partial charge in [0.25, 0.3) is 12.4 Å². The molecule has 0 aromatic carbocycles. The Morgan fingerprint density at radius 1 is 1.38 bits per heavy atom. The van der Waals surface area contributed by atoms with Gasteiger partial charge in [0.15, 0.2) is 0 Å². The normalized spacial score (nSPS) is 19.8. The molecule has 0 unspecified atom stereocenters. The van der Waals surface area contributed by atoms with Crippen molar-refractivity contribution in [3.05, 3.63) is 12.0 Å². The number of carboxylic acid groups (broad SMARTS) is 1. The Morgan fingerprint density at radius 2 is 2.04 bits per heavy atom. The number of aromatic nitrogens is 2. The maximum atomic E-state index is 13.4. The summed E-state index contributed by atoms with van der Waals surface area (Å²) in [5.41, 5.74) is 0.118. The van der Waals surface area contributed by atoms with Crippen LogP contribution in [-0.4, -0.2) is 71.9 Å². The number of ether oxygens (including phenoxy) is 2. The number of morpholine rings is 1. The largest absolute Gasteiger partial charge is 0.483 e. The molecule has 0 radical (unpaired) electrons. The van der Waals surface area contributed by atoms with Gasteiger partial charge >= 0.3 is 0 Å². The second kappa shape index (κ2) is 10.2. The minimum Gasteiger partial charge on any atom is -0.483 e. The zero-order valence-corrected chi connectivity index (χ0v) is 15.1. The number of methoxy groups -OCH3 is 1. The van der Waals surface area contributed by atoms with Crippen LogP contribution in [0.15, 0.2) is 6.20 Å². The highest BCUT2D eigenvalue weighted by atomic mass is 19.1. The van der Waals surface area contributed by atoms with Gasteiger partial charge in [0.05, 0.1) is 26.5 Å².